The minimum atomic E-state index is 0.406. The van der Waals surface area contributed by atoms with Crippen LogP contribution in [-0.4, -0.2) is 12.1 Å². The first kappa shape index (κ1) is 15.3. The second kappa shape index (κ2) is 7.06. The molecule has 1 heterocycles. The molecule has 0 spiro atoms. The standard InChI is InChI=1S/C14H14Br2N2O2/c1-19-13-4-9(5-17)3-12(16)14(13)20-8-10-2-11(15)7-18-6-10/h2-4,6-7H,5,8,17H2,1H3. The van der Waals surface area contributed by atoms with Crippen molar-refractivity contribution in [2.45, 2.75) is 13.2 Å². The van der Waals surface area contributed by atoms with Crippen LogP contribution >= 0.6 is 31.9 Å². The molecule has 0 aliphatic rings. The molecule has 0 amide bonds. The molecule has 4 nitrogen and oxygen atoms in total. The Morgan fingerprint density at radius 1 is 1.15 bits per heavy atom. The zero-order valence-electron chi connectivity index (χ0n) is 10.9. The first-order valence-corrected chi connectivity index (χ1v) is 7.51. The Bertz CT molecular complexity index is 606. The van der Waals surface area contributed by atoms with E-state index in [9.17, 15) is 0 Å². The SMILES string of the molecule is COc1cc(CN)cc(Br)c1OCc1cncc(Br)c1. The molecule has 0 atom stereocenters. The first-order chi connectivity index (χ1) is 9.63. The highest BCUT2D eigenvalue weighted by atomic mass is 79.9. The summed E-state index contributed by atoms with van der Waals surface area (Å²) >= 11 is 6.87. The number of rotatable bonds is 5. The van der Waals surface area contributed by atoms with Crippen LogP contribution in [0.5, 0.6) is 11.5 Å². The maximum Gasteiger partial charge on any atom is 0.175 e. The van der Waals surface area contributed by atoms with Gasteiger partial charge in [0, 0.05) is 29.0 Å². The molecule has 0 bridgehead atoms. The van der Waals surface area contributed by atoms with Crippen molar-refractivity contribution >= 4 is 31.9 Å². The number of methoxy groups -OCH3 is 1. The number of benzene rings is 1. The fraction of sp³-hybridized carbons (Fsp3) is 0.214. The molecule has 2 rings (SSSR count). The van der Waals surface area contributed by atoms with Crippen molar-refractivity contribution in [1.29, 1.82) is 0 Å². The van der Waals surface area contributed by atoms with Crippen LogP contribution in [0.4, 0.5) is 0 Å². The Labute approximate surface area is 134 Å². The second-order valence-electron chi connectivity index (χ2n) is 4.11. The number of aromatic nitrogens is 1. The summed E-state index contributed by atoms with van der Waals surface area (Å²) in [4.78, 5) is 4.10. The van der Waals surface area contributed by atoms with Gasteiger partial charge in [0.15, 0.2) is 11.5 Å². The van der Waals surface area contributed by atoms with E-state index in [-0.39, 0.29) is 0 Å². The number of pyridine rings is 1. The minimum Gasteiger partial charge on any atom is -0.493 e. The van der Waals surface area contributed by atoms with Crippen molar-refractivity contribution < 1.29 is 9.47 Å². The smallest absolute Gasteiger partial charge is 0.175 e. The van der Waals surface area contributed by atoms with Crippen molar-refractivity contribution in [3.05, 3.63) is 50.7 Å². The van der Waals surface area contributed by atoms with Gasteiger partial charge in [-0.05, 0) is 55.6 Å². The van der Waals surface area contributed by atoms with E-state index in [4.69, 9.17) is 15.2 Å². The van der Waals surface area contributed by atoms with E-state index in [1.165, 1.54) is 0 Å². The summed E-state index contributed by atoms with van der Waals surface area (Å²) in [6.07, 6.45) is 3.50. The van der Waals surface area contributed by atoms with E-state index in [0.717, 1.165) is 20.1 Å². The van der Waals surface area contributed by atoms with Crippen LogP contribution in [0.2, 0.25) is 0 Å². The maximum atomic E-state index is 5.83. The summed E-state index contributed by atoms with van der Waals surface area (Å²) in [6.45, 7) is 0.855. The monoisotopic (exact) mass is 400 g/mol. The van der Waals surface area contributed by atoms with Crippen LogP contribution in [-0.2, 0) is 13.2 Å². The lowest BCUT2D eigenvalue weighted by Crippen LogP contribution is -2.02. The lowest BCUT2D eigenvalue weighted by atomic mass is 10.2. The van der Waals surface area contributed by atoms with Gasteiger partial charge in [0.2, 0.25) is 0 Å². The number of nitrogens with two attached hydrogens (primary N) is 1. The summed E-state index contributed by atoms with van der Waals surface area (Å²) in [5, 5.41) is 0. The van der Waals surface area contributed by atoms with Gasteiger partial charge in [0.05, 0.1) is 11.6 Å². The Hall–Kier alpha value is -1.11. The lowest BCUT2D eigenvalue weighted by molar-refractivity contribution is 0.282. The van der Waals surface area contributed by atoms with Gasteiger partial charge in [0.1, 0.15) is 6.61 Å². The number of ether oxygens (including phenoxy) is 2. The fourth-order valence-electron chi connectivity index (χ4n) is 1.72. The largest absolute Gasteiger partial charge is 0.493 e. The molecule has 0 saturated carbocycles. The second-order valence-corrected chi connectivity index (χ2v) is 5.88. The normalized spacial score (nSPS) is 10.4. The number of hydrogen-bond acceptors (Lipinski definition) is 4. The number of nitrogens with zero attached hydrogens (tertiary/aromatic N) is 1. The minimum absolute atomic E-state index is 0.406. The number of halogens is 2. The highest BCUT2D eigenvalue weighted by Gasteiger charge is 2.11. The van der Waals surface area contributed by atoms with Gasteiger partial charge in [-0.3, -0.25) is 4.98 Å². The molecule has 20 heavy (non-hydrogen) atoms. The fourth-order valence-corrected chi connectivity index (χ4v) is 2.74. The molecule has 0 aliphatic carbocycles. The van der Waals surface area contributed by atoms with Gasteiger partial charge in [-0.25, -0.2) is 0 Å². The molecule has 0 unspecified atom stereocenters. The Morgan fingerprint density at radius 3 is 2.60 bits per heavy atom. The van der Waals surface area contributed by atoms with Gasteiger partial charge in [-0.2, -0.15) is 0 Å². The molecular weight excluding hydrogens is 388 g/mol. The van der Waals surface area contributed by atoms with Crippen LogP contribution in [0.1, 0.15) is 11.1 Å². The summed E-state index contributed by atoms with van der Waals surface area (Å²) in [5.74, 6) is 1.31. The third-order valence-electron chi connectivity index (χ3n) is 2.67. The molecule has 106 valence electrons. The van der Waals surface area contributed by atoms with Gasteiger partial charge >= 0.3 is 0 Å². The zero-order valence-corrected chi connectivity index (χ0v) is 14.1. The van der Waals surface area contributed by atoms with Crippen molar-refractivity contribution in [3.8, 4) is 11.5 Å². The maximum absolute atomic E-state index is 5.83. The Morgan fingerprint density at radius 2 is 1.95 bits per heavy atom. The molecular formula is C14H14Br2N2O2. The van der Waals surface area contributed by atoms with Gasteiger partial charge < -0.3 is 15.2 Å². The molecule has 0 saturated heterocycles. The lowest BCUT2D eigenvalue weighted by Gasteiger charge is -2.14. The van der Waals surface area contributed by atoms with E-state index in [1.807, 2.05) is 18.2 Å². The van der Waals surface area contributed by atoms with Crippen molar-refractivity contribution in [2.75, 3.05) is 7.11 Å². The van der Waals surface area contributed by atoms with E-state index < -0.39 is 0 Å². The highest BCUT2D eigenvalue weighted by Crippen LogP contribution is 2.37. The molecule has 2 aromatic rings. The first-order valence-electron chi connectivity index (χ1n) is 5.92. The van der Waals surface area contributed by atoms with Gasteiger partial charge in [0.25, 0.3) is 0 Å². The molecule has 1 aromatic heterocycles. The van der Waals surface area contributed by atoms with Crippen molar-refractivity contribution in [3.63, 3.8) is 0 Å². The van der Waals surface area contributed by atoms with Gasteiger partial charge in [-0.1, -0.05) is 0 Å². The van der Waals surface area contributed by atoms with Crippen LogP contribution in [0.25, 0.3) is 0 Å². The third-order valence-corrected chi connectivity index (χ3v) is 3.69. The van der Waals surface area contributed by atoms with Crippen LogP contribution < -0.4 is 15.2 Å². The van der Waals surface area contributed by atoms with Crippen LogP contribution in [0.15, 0.2) is 39.5 Å². The zero-order chi connectivity index (χ0) is 14.5. The molecule has 2 N–H and O–H groups in total. The van der Waals surface area contributed by atoms with E-state index in [0.29, 0.717) is 24.7 Å². The van der Waals surface area contributed by atoms with Gasteiger partial charge in [-0.15, -0.1) is 0 Å². The summed E-state index contributed by atoms with van der Waals surface area (Å²) in [7, 11) is 1.61. The average Bonchev–Trinajstić information content (AvgIpc) is 2.45. The molecule has 6 heteroatoms. The molecule has 0 aliphatic heterocycles. The Kier molecular flexibility index (Phi) is 5.39. The molecule has 0 radical (unpaired) electrons. The van der Waals surface area contributed by atoms with E-state index in [1.54, 1.807) is 19.5 Å². The predicted octanol–water partition coefficient (Wildman–Crippen LogP) is 3.65. The average molecular weight is 402 g/mol. The highest BCUT2D eigenvalue weighted by molar-refractivity contribution is 9.10. The van der Waals surface area contributed by atoms with Crippen LogP contribution in [0.3, 0.4) is 0 Å². The van der Waals surface area contributed by atoms with E-state index in [2.05, 4.69) is 36.8 Å². The van der Waals surface area contributed by atoms with Crippen molar-refractivity contribution in [2.24, 2.45) is 5.73 Å². The van der Waals surface area contributed by atoms with E-state index >= 15 is 0 Å². The predicted molar refractivity (Wildman–Crippen MR) is 84.9 cm³/mol. The quantitative estimate of drug-likeness (QED) is 0.830. The summed E-state index contributed by atoms with van der Waals surface area (Å²) in [6, 6.07) is 5.76. The topological polar surface area (TPSA) is 57.4 Å². The molecule has 1 aromatic carbocycles. The van der Waals surface area contributed by atoms with Crippen molar-refractivity contribution in [1.82, 2.24) is 4.98 Å². The van der Waals surface area contributed by atoms with Crippen LogP contribution in [0, 0.1) is 0 Å². The third kappa shape index (κ3) is 3.71. The summed E-state index contributed by atoms with van der Waals surface area (Å²) in [5.41, 5.74) is 7.59. The molecule has 0 fully saturated rings. The summed E-state index contributed by atoms with van der Waals surface area (Å²) < 4.78 is 12.9. The Balaban J connectivity index is 2.20. The number of hydrogen-bond donors (Lipinski definition) is 1.